The highest BCUT2D eigenvalue weighted by atomic mass is 19.2. The average molecular weight is 184 g/mol. The minimum atomic E-state index is -0.906. The summed E-state index contributed by atoms with van der Waals surface area (Å²) < 4.78 is 35.1. The van der Waals surface area contributed by atoms with Crippen LogP contribution in [0, 0.1) is 11.6 Å². The molecule has 0 aromatic heterocycles. The van der Waals surface area contributed by atoms with E-state index < -0.39 is 17.9 Å². The highest BCUT2D eigenvalue weighted by Crippen LogP contribution is 2.24. The molecular formula is C9H6F2O2. The molecule has 0 saturated carbocycles. The SMILES string of the molecule is Fc1ccc(C2OC=CO2)cc1F. The Balaban J connectivity index is 2.26. The van der Waals surface area contributed by atoms with Crippen LogP contribution in [0.5, 0.6) is 0 Å². The highest BCUT2D eigenvalue weighted by molar-refractivity contribution is 5.19. The second-order valence-corrected chi connectivity index (χ2v) is 2.55. The van der Waals surface area contributed by atoms with Gasteiger partial charge in [-0.2, -0.15) is 0 Å². The van der Waals surface area contributed by atoms with Gasteiger partial charge in [-0.25, -0.2) is 8.78 Å². The highest BCUT2D eigenvalue weighted by Gasteiger charge is 2.16. The summed E-state index contributed by atoms with van der Waals surface area (Å²) in [7, 11) is 0. The molecule has 0 saturated heterocycles. The average Bonchev–Trinajstić information content (AvgIpc) is 2.62. The molecule has 13 heavy (non-hydrogen) atoms. The molecule has 1 heterocycles. The third-order valence-corrected chi connectivity index (χ3v) is 1.68. The second-order valence-electron chi connectivity index (χ2n) is 2.55. The first-order valence-corrected chi connectivity index (χ1v) is 3.68. The zero-order chi connectivity index (χ0) is 9.26. The van der Waals surface area contributed by atoms with Crippen molar-refractivity contribution in [3.05, 3.63) is 47.9 Å². The van der Waals surface area contributed by atoms with Crippen molar-refractivity contribution < 1.29 is 18.3 Å². The van der Waals surface area contributed by atoms with Gasteiger partial charge in [-0.05, 0) is 18.2 Å². The molecule has 0 spiro atoms. The lowest BCUT2D eigenvalue weighted by molar-refractivity contribution is -0.0248. The fourth-order valence-electron chi connectivity index (χ4n) is 1.06. The van der Waals surface area contributed by atoms with Gasteiger partial charge in [0.15, 0.2) is 11.6 Å². The van der Waals surface area contributed by atoms with Crippen LogP contribution < -0.4 is 0 Å². The Labute approximate surface area is 73.4 Å². The van der Waals surface area contributed by atoms with Gasteiger partial charge in [0.2, 0.25) is 0 Å². The van der Waals surface area contributed by atoms with Crippen molar-refractivity contribution in [2.75, 3.05) is 0 Å². The van der Waals surface area contributed by atoms with E-state index in [9.17, 15) is 8.78 Å². The van der Waals surface area contributed by atoms with Crippen molar-refractivity contribution in [3.8, 4) is 0 Å². The van der Waals surface area contributed by atoms with Crippen LogP contribution in [0.1, 0.15) is 11.9 Å². The maximum atomic E-state index is 12.7. The molecule has 2 rings (SSSR count). The Bertz CT molecular complexity index is 341. The number of hydrogen-bond donors (Lipinski definition) is 0. The van der Waals surface area contributed by atoms with E-state index in [2.05, 4.69) is 0 Å². The Hall–Kier alpha value is -1.58. The van der Waals surface area contributed by atoms with E-state index in [-0.39, 0.29) is 0 Å². The van der Waals surface area contributed by atoms with E-state index in [4.69, 9.17) is 9.47 Å². The number of hydrogen-bond acceptors (Lipinski definition) is 2. The van der Waals surface area contributed by atoms with Crippen molar-refractivity contribution in [1.29, 1.82) is 0 Å². The molecule has 1 aliphatic heterocycles. The van der Waals surface area contributed by atoms with Gasteiger partial charge < -0.3 is 9.47 Å². The Kier molecular flexibility index (Phi) is 1.88. The molecule has 0 unspecified atom stereocenters. The summed E-state index contributed by atoms with van der Waals surface area (Å²) >= 11 is 0. The second kappa shape index (κ2) is 3.05. The number of ether oxygens (including phenoxy) is 2. The van der Waals surface area contributed by atoms with Crippen LogP contribution in [0.15, 0.2) is 30.7 Å². The summed E-state index contributed by atoms with van der Waals surface area (Å²) in [6.07, 6.45) is 2.05. The number of halogens is 2. The summed E-state index contributed by atoms with van der Waals surface area (Å²) in [6, 6.07) is 3.50. The van der Waals surface area contributed by atoms with Crippen LogP contribution in [0.3, 0.4) is 0 Å². The summed E-state index contributed by atoms with van der Waals surface area (Å²) in [6.45, 7) is 0. The predicted molar refractivity (Wildman–Crippen MR) is 40.4 cm³/mol. The maximum absolute atomic E-state index is 12.7. The first-order valence-electron chi connectivity index (χ1n) is 3.68. The van der Waals surface area contributed by atoms with Crippen molar-refractivity contribution in [1.82, 2.24) is 0 Å². The predicted octanol–water partition coefficient (Wildman–Crippen LogP) is 2.48. The first kappa shape index (κ1) is 8.04. The van der Waals surface area contributed by atoms with Gasteiger partial charge in [0, 0.05) is 5.56 Å². The van der Waals surface area contributed by atoms with E-state index in [0.29, 0.717) is 5.56 Å². The van der Waals surface area contributed by atoms with Gasteiger partial charge in [-0.15, -0.1) is 0 Å². The summed E-state index contributed by atoms with van der Waals surface area (Å²) in [5.74, 6) is -1.79. The van der Waals surface area contributed by atoms with E-state index in [1.807, 2.05) is 0 Å². The van der Waals surface area contributed by atoms with Crippen molar-refractivity contribution in [2.24, 2.45) is 0 Å². The van der Waals surface area contributed by atoms with Crippen LogP contribution >= 0.6 is 0 Å². The largest absolute Gasteiger partial charge is 0.455 e. The van der Waals surface area contributed by atoms with Crippen molar-refractivity contribution in [3.63, 3.8) is 0 Å². The van der Waals surface area contributed by atoms with E-state index >= 15 is 0 Å². The molecule has 2 nitrogen and oxygen atoms in total. The molecule has 68 valence electrons. The van der Waals surface area contributed by atoms with Crippen LogP contribution in [-0.2, 0) is 9.47 Å². The Morgan fingerprint density at radius 1 is 1.00 bits per heavy atom. The molecule has 0 radical (unpaired) electrons. The lowest BCUT2D eigenvalue weighted by Gasteiger charge is -2.09. The van der Waals surface area contributed by atoms with Gasteiger partial charge >= 0.3 is 0 Å². The smallest absolute Gasteiger partial charge is 0.266 e. The molecule has 1 aliphatic rings. The van der Waals surface area contributed by atoms with Gasteiger partial charge in [0.1, 0.15) is 12.5 Å². The van der Waals surface area contributed by atoms with Crippen molar-refractivity contribution in [2.45, 2.75) is 6.29 Å². The van der Waals surface area contributed by atoms with E-state index in [0.717, 1.165) is 12.1 Å². The van der Waals surface area contributed by atoms with Crippen LogP contribution in [0.25, 0.3) is 0 Å². The minimum Gasteiger partial charge on any atom is -0.455 e. The van der Waals surface area contributed by atoms with Gasteiger partial charge in [0.25, 0.3) is 6.29 Å². The molecule has 0 bridgehead atoms. The van der Waals surface area contributed by atoms with Crippen LogP contribution in [-0.4, -0.2) is 0 Å². The minimum absolute atomic E-state index is 0.448. The third kappa shape index (κ3) is 1.47. The van der Waals surface area contributed by atoms with Crippen molar-refractivity contribution >= 4 is 0 Å². The van der Waals surface area contributed by atoms with Crippen LogP contribution in [0.2, 0.25) is 0 Å². The topological polar surface area (TPSA) is 18.5 Å². The zero-order valence-electron chi connectivity index (χ0n) is 6.54. The van der Waals surface area contributed by atoms with E-state index in [1.54, 1.807) is 0 Å². The van der Waals surface area contributed by atoms with Gasteiger partial charge in [-0.1, -0.05) is 0 Å². The molecule has 0 fully saturated rings. The molecule has 0 amide bonds. The molecular weight excluding hydrogens is 178 g/mol. The van der Waals surface area contributed by atoms with E-state index in [1.165, 1.54) is 18.6 Å². The molecule has 0 atom stereocenters. The van der Waals surface area contributed by atoms with Gasteiger partial charge in [0.05, 0.1) is 0 Å². The summed E-state index contributed by atoms with van der Waals surface area (Å²) in [5.41, 5.74) is 0.448. The normalized spacial score (nSPS) is 15.5. The standard InChI is InChI=1S/C9H6F2O2/c10-7-2-1-6(5-8(7)11)9-12-3-4-13-9/h1-5,9H. The fourth-order valence-corrected chi connectivity index (χ4v) is 1.06. The molecule has 0 N–H and O–H groups in total. The monoisotopic (exact) mass is 184 g/mol. The number of rotatable bonds is 1. The number of benzene rings is 1. The Morgan fingerprint density at radius 2 is 1.69 bits per heavy atom. The molecule has 1 aromatic rings. The molecule has 4 heteroatoms. The van der Waals surface area contributed by atoms with Crippen LogP contribution in [0.4, 0.5) is 8.78 Å². The fraction of sp³-hybridized carbons (Fsp3) is 0.111. The third-order valence-electron chi connectivity index (χ3n) is 1.68. The molecule has 1 aromatic carbocycles. The first-order chi connectivity index (χ1) is 6.27. The maximum Gasteiger partial charge on any atom is 0.266 e. The quantitative estimate of drug-likeness (QED) is 0.667. The Morgan fingerprint density at radius 3 is 2.31 bits per heavy atom. The summed E-state index contributed by atoms with van der Waals surface area (Å²) in [5, 5.41) is 0. The molecule has 0 aliphatic carbocycles. The summed E-state index contributed by atoms with van der Waals surface area (Å²) in [4.78, 5) is 0. The lowest BCUT2D eigenvalue weighted by Crippen LogP contribution is -1.99. The lowest BCUT2D eigenvalue weighted by atomic mass is 10.2. The van der Waals surface area contributed by atoms with Gasteiger partial charge in [-0.3, -0.25) is 0 Å². The zero-order valence-corrected chi connectivity index (χ0v) is 6.54.